The van der Waals surface area contributed by atoms with E-state index in [0.29, 0.717) is 29.5 Å². The molecule has 1 aromatic heterocycles. The van der Waals surface area contributed by atoms with Crippen LogP contribution in [0.15, 0.2) is 22.6 Å². The third-order valence-electron chi connectivity index (χ3n) is 5.10. The van der Waals surface area contributed by atoms with Gasteiger partial charge < -0.3 is 14.4 Å². The summed E-state index contributed by atoms with van der Waals surface area (Å²) in [6.45, 7) is 3.11. The molecule has 1 amide bonds. The van der Waals surface area contributed by atoms with Gasteiger partial charge in [-0.1, -0.05) is 23.7 Å². The molecule has 1 aliphatic heterocycles. The number of likely N-dealkylation sites (tertiary alicyclic amines) is 1. The molecule has 0 saturated carbocycles. The van der Waals surface area contributed by atoms with Gasteiger partial charge in [-0.05, 0) is 39.3 Å². The van der Waals surface area contributed by atoms with Crippen molar-refractivity contribution in [3.63, 3.8) is 0 Å². The number of amides is 1. The number of hydrogen-bond acceptors (Lipinski definition) is 4. The molecular formula is C19H23ClN2O4. The normalized spacial score (nSPS) is 18.3. The van der Waals surface area contributed by atoms with Crippen LogP contribution in [0.4, 0.5) is 0 Å². The van der Waals surface area contributed by atoms with Crippen LogP contribution in [-0.2, 0) is 4.79 Å². The molecule has 1 atom stereocenters. The van der Waals surface area contributed by atoms with E-state index in [4.69, 9.17) is 21.1 Å². The zero-order chi connectivity index (χ0) is 18.8. The lowest BCUT2D eigenvalue weighted by atomic mass is 10.1. The van der Waals surface area contributed by atoms with Gasteiger partial charge in [-0.25, -0.2) is 0 Å². The first-order valence-electron chi connectivity index (χ1n) is 8.77. The molecule has 140 valence electrons. The summed E-state index contributed by atoms with van der Waals surface area (Å²) in [5, 5.41) is 10.3. The van der Waals surface area contributed by atoms with Gasteiger partial charge in [0.2, 0.25) is 0 Å². The molecule has 1 saturated heterocycles. The summed E-state index contributed by atoms with van der Waals surface area (Å²) in [7, 11) is 1.82. The topological polar surface area (TPSA) is 74.0 Å². The van der Waals surface area contributed by atoms with Gasteiger partial charge in [0.25, 0.3) is 5.91 Å². The average molecular weight is 379 g/mol. The number of benzene rings is 1. The van der Waals surface area contributed by atoms with E-state index in [0.717, 1.165) is 30.2 Å². The zero-order valence-corrected chi connectivity index (χ0v) is 15.8. The fraction of sp³-hybridized carbons (Fsp3) is 0.474. The summed E-state index contributed by atoms with van der Waals surface area (Å²) >= 11 is 6.18. The first kappa shape index (κ1) is 18.7. The van der Waals surface area contributed by atoms with E-state index in [-0.39, 0.29) is 18.5 Å². The largest absolute Gasteiger partial charge is 0.480 e. The third-order valence-corrected chi connectivity index (χ3v) is 5.40. The fourth-order valence-electron chi connectivity index (χ4n) is 3.62. The standard InChI is InChI=1S/C19H23ClN2O4/c1-12-14-6-3-7-15(20)18(14)26-17(12)19(25)22-9-4-5-13(8-10-22)21(2)11-16(23)24/h3,6-7,13H,4-5,8-11H2,1-2H3,(H,23,24). The number of carbonyl (C=O) groups excluding carboxylic acids is 1. The van der Waals surface area contributed by atoms with Gasteiger partial charge in [0, 0.05) is 30.1 Å². The van der Waals surface area contributed by atoms with Crippen LogP contribution in [0, 0.1) is 6.92 Å². The van der Waals surface area contributed by atoms with Crippen molar-refractivity contribution >= 4 is 34.4 Å². The Morgan fingerprint density at radius 2 is 2.12 bits per heavy atom. The Labute approximate surface area is 157 Å². The predicted octanol–water partition coefficient (Wildman–Crippen LogP) is 3.41. The minimum atomic E-state index is -0.834. The Morgan fingerprint density at radius 1 is 1.35 bits per heavy atom. The number of para-hydroxylation sites is 1. The molecular weight excluding hydrogens is 356 g/mol. The van der Waals surface area contributed by atoms with Crippen LogP contribution in [0.3, 0.4) is 0 Å². The fourth-order valence-corrected chi connectivity index (χ4v) is 3.83. The smallest absolute Gasteiger partial charge is 0.317 e. The van der Waals surface area contributed by atoms with Gasteiger partial charge in [-0.15, -0.1) is 0 Å². The average Bonchev–Trinajstić information content (AvgIpc) is 2.79. The van der Waals surface area contributed by atoms with Crippen LogP contribution in [0.2, 0.25) is 5.02 Å². The van der Waals surface area contributed by atoms with Crippen molar-refractivity contribution < 1.29 is 19.1 Å². The second-order valence-electron chi connectivity index (χ2n) is 6.86. The van der Waals surface area contributed by atoms with Gasteiger partial charge in [-0.2, -0.15) is 0 Å². The molecule has 7 heteroatoms. The van der Waals surface area contributed by atoms with E-state index < -0.39 is 5.97 Å². The number of rotatable bonds is 4. The summed E-state index contributed by atoms with van der Waals surface area (Å²) in [5.41, 5.74) is 1.35. The summed E-state index contributed by atoms with van der Waals surface area (Å²) < 4.78 is 5.80. The van der Waals surface area contributed by atoms with Crippen molar-refractivity contribution in [3.8, 4) is 0 Å². The molecule has 3 rings (SSSR count). The van der Waals surface area contributed by atoms with E-state index >= 15 is 0 Å². The minimum absolute atomic E-state index is 0.0137. The number of carboxylic acid groups (broad SMARTS) is 1. The molecule has 1 fully saturated rings. The second-order valence-corrected chi connectivity index (χ2v) is 7.27. The molecule has 1 aliphatic rings. The lowest BCUT2D eigenvalue weighted by molar-refractivity contribution is -0.138. The van der Waals surface area contributed by atoms with Crippen molar-refractivity contribution in [1.82, 2.24) is 9.80 Å². The molecule has 0 bridgehead atoms. The Morgan fingerprint density at radius 3 is 2.81 bits per heavy atom. The van der Waals surface area contributed by atoms with Crippen LogP contribution >= 0.6 is 11.6 Å². The lowest BCUT2D eigenvalue weighted by Gasteiger charge is -2.25. The van der Waals surface area contributed by atoms with Crippen molar-refractivity contribution in [2.75, 3.05) is 26.7 Å². The van der Waals surface area contributed by atoms with Crippen LogP contribution in [0.1, 0.15) is 35.4 Å². The van der Waals surface area contributed by atoms with Crippen LogP contribution in [0.5, 0.6) is 0 Å². The molecule has 2 heterocycles. The summed E-state index contributed by atoms with van der Waals surface area (Å²) in [4.78, 5) is 27.6. The van der Waals surface area contributed by atoms with Gasteiger partial charge in [0.05, 0.1) is 11.6 Å². The van der Waals surface area contributed by atoms with Crippen molar-refractivity contribution in [2.24, 2.45) is 0 Å². The number of nitrogens with zero attached hydrogens (tertiary/aromatic N) is 2. The molecule has 1 N–H and O–H groups in total. The quantitative estimate of drug-likeness (QED) is 0.882. The van der Waals surface area contributed by atoms with Gasteiger partial charge in [0.1, 0.15) is 0 Å². The van der Waals surface area contributed by atoms with Crippen LogP contribution in [-0.4, -0.2) is 59.5 Å². The molecule has 1 unspecified atom stereocenters. The first-order valence-corrected chi connectivity index (χ1v) is 9.15. The highest BCUT2D eigenvalue weighted by Crippen LogP contribution is 2.31. The lowest BCUT2D eigenvalue weighted by Crippen LogP contribution is -2.37. The van der Waals surface area contributed by atoms with Crippen LogP contribution < -0.4 is 0 Å². The highest BCUT2D eigenvalue weighted by Gasteiger charge is 2.28. The highest BCUT2D eigenvalue weighted by atomic mass is 35.5. The van der Waals surface area contributed by atoms with Gasteiger partial charge in [-0.3, -0.25) is 14.5 Å². The summed E-state index contributed by atoms with van der Waals surface area (Å²) in [6, 6.07) is 5.65. The maximum Gasteiger partial charge on any atom is 0.317 e. The minimum Gasteiger partial charge on any atom is -0.480 e. The van der Waals surface area contributed by atoms with E-state index in [2.05, 4.69) is 0 Å². The van der Waals surface area contributed by atoms with Crippen LogP contribution in [0.25, 0.3) is 11.0 Å². The van der Waals surface area contributed by atoms with Gasteiger partial charge in [0.15, 0.2) is 11.3 Å². The summed E-state index contributed by atoms with van der Waals surface area (Å²) in [5.74, 6) is -0.624. The molecule has 6 nitrogen and oxygen atoms in total. The number of aliphatic carboxylic acids is 1. The Bertz CT molecular complexity index is 832. The number of fused-ring (bicyclic) bond motifs is 1. The monoisotopic (exact) mass is 378 g/mol. The molecule has 0 radical (unpaired) electrons. The molecule has 26 heavy (non-hydrogen) atoms. The van der Waals surface area contributed by atoms with Crippen molar-refractivity contribution in [3.05, 3.63) is 34.5 Å². The number of carbonyl (C=O) groups is 2. The first-order chi connectivity index (χ1) is 12.4. The maximum absolute atomic E-state index is 13.0. The number of carboxylic acids is 1. The molecule has 0 spiro atoms. The highest BCUT2D eigenvalue weighted by molar-refractivity contribution is 6.35. The maximum atomic E-state index is 13.0. The Kier molecular flexibility index (Phi) is 5.53. The SMILES string of the molecule is Cc1c(C(=O)N2CCCC(N(C)CC(=O)O)CC2)oc2c(Cl)cccc12. The Hall–Kier alpha value is -2.05. The van der Waals surface area contributed by atoms with Crippen molar-refractivity contribution in [2.45, 2.75) is 32.2 Å². The number of likely N-dealkylation sites (N-methyl/N-ethyl adjacent to an activating group) is 1. The number of furan rings is 1. The summed E-state index contributed by atoms with van der Waals surface area (Å²) in [6.07, 6.45) is 2.45. The third kappa shape index (κ3) is 3.71. The molecule has 0 aliphatic carbocycles. The number of aryl methyl sites for hydroxylation is 1. The van der Waals surface area contributed by atoms with Gasteiger partial charge >= 0.3 is 5.97 Å². The predicted molar refractivity (Wildman–Crippen MR) is 99.8 cm³/mol. The van der Waals surface area contributed by atoms with E-state index in [1.54, 1.807) is 11.0 Å². The number of hydrogen-bond donors (Lipinski definition) is 1. The van der Waals surface area contributed by atoms with E-state index in [1.165, 1.54) is 0 Å². The zero-order valence-electron chi connectivity index (χ0n) is 15.0. The van der Waals surface area contributed by atoms with E-state index in [9.17, 15) is 9.59 Å². The molecule has 1 aromatic carbocycles. The van der Waals surface area contributed by atoms with E-state index in [1.807, 2.05) is 31.0 Å². The van der Waals surface area contributed by atoms with Crippen molar-refractivity contribution in [1.29, 1.82) is 0 Å². The Balaban J connectivity index is 1.76. The molecule has 2 aromatic rings. The second kappa shape index (κ2) is 7.68. The number of halogens is 1.